The maximum absolute atomic E-state index is 12.9. The number of sulfone groups is 1. The molecule has 2 aromatic rings. The summed E-state index contributed by atoms with van der Waals surface area (Å²) in [7, 11) is -2.14. The summed E-state index contributed by atoms with van der Waals surface area (Å²) in [6.45, 7) is -0.0635. The van der Waals surface area contributed by atoms with Crippen LogP contribution >= 0.6 is 0 Å². The van der Waals surface area contributed by atoms with Crippen LogP contribution in [0, 0.1) is 5.82 Å². The predicted molar refractivity (Wildman–Crippen MR) is 78.4 cm³/mol. The molecule has 0 saturated carbocycles. The Labute approximate surface area is 123 Å². The van der Waals surface area contributed by atoms with Crippen LogP contribution in [0.4, 0.5) is 4.39 Å². The van der Waals surface area contributed by atoms with Crippen LogP contribution in [0.25, 0.3) is 0 Å². The molecule has 6 heteroatoms. The fraction of sp³-hybridized carbons (Fsp3) is 0.200. The standard InChI is InChI=1S/C15H16FNO3S/c1-20-13-6-2-11(3-7-13)15(10-17)21(18,19)14-8-4-12(16)5-9-14/h2-9,15H,10,17H2,1H3/t15-/m1/s1. The number of ether oxygens (including phenoxy) is 1. The van der Waals surface area contributed by atoms with Gasteiger partial charge in [-0.05, 0) is 42.0 Å². The molecule has 0 aliphatic carbocycles. The molecule has 0 aliphatic heterocycles. The molecule has 0 radical (unpaired) electrons. The quantitative estimate of drug-likeness (QED) is 0.861. The maximum Gasteiger partial charge on any atom is 0.186 e. The van der Waals surface area contributed by atoms with Crippen LogP contribution in [-0.2, 0) is 9.84 Å². The topological polar surface area (TPSA) is 69.4 Å². The summed E-state index contributed by atoms with van der Waals surface area (Å²) in [5.74, 6) is 0.149. The number of hydrogen-bond acceptors (Lipinski definition) is 4. The first kappa shape index (κ1) is 15.5. The number of rotatable bonds is 5. The molecule has 1 atom stereocenters. The third-order valence-corrected chi connectivity index (χ3v) is 5.36. The second kappa shape index (κ2) is 6.24. The van der Waals surface area contributed by atoms with Gasteiger partial charge in [0.05, 0.1) is 12.0 Å². The molecule has 0 aliphatic rings. The molecule has 21 heavy (non-hydrogen) atoms. The highest BCUT2D eigenvalue weighted by Crippen LogP contribution is 2.29. The maximum atomic E-state index is 12.9. The van der Waals surface area contributed by atoms with Gasteiger partial charge in [0.25, 0.3) is 0 Å². The average molecular weight is 309 g/mol. The molecule has 0 aromatic heterocycles. The van der Waals surface area contributed by atoms with Gasteiger partial charge in [-0.2, -0.15) is 0 Å². The van der Waals surface area contributed by atoms with E-state index in [1.165, 1.54) is 19.2 Å². The molecule has 0 heterocycles. The van der Waals surface area contributed by atoms with E-state index in [-0.39, 0.29) is 11.4 Å². The molecular formula is C15H16FNO3S. The highest BCUT2D eigenvalue weighted by atomic mass is 32.2. The molecule has 0 saturated heterocycles. The van der Waals surface area contributed by atoms with Crippen molar-refractivity contribution in [3.05, 3.63) is 59.9 Å². The fourth-order valence-electron chi connectivity index (χ4n) is 2.05. The molecule has 0 bridgehead atoms. The zero-order chi connectivity index (χ0) is 15.5. The highest BCUT2D eigenvalue weighted by molar-refractivity contribution is 7.91. The summed E-state index contributed by atoms with van der Waals surface area (Å²) in [5.41, 5.74) is 6.22. The summed E-state index contributed by atoms with van der Waals surface area (Å²) in [6, 6.07) is 11.4. The molecule has 0 amide bonds. The van der Waals surface area contributed by atoms with E-state index in [1.807, 2.05) is 0 Å². The van der Waals surface area contributed by atoms with E-state index in [2.05, 4.69) is 0 Å². The Hall–Kier alpha value is -1.92. The van der Waals surface area contributed by atoms with Crippen LogP contribution in [-0.4, -0.2) is 22.1 Å². The van der Waals surface area contributed by atoms with Crippen LogP contribution < -0.4 is 10.5 Å². The van der Waals surface area contributed by atoms with E-state index in [4.69, 9.17) is 10.5 Å². The van der Waals surface area contributed by atoms with E-state index < -0.39 is 20.9 Å². The van der Waals surface area contributed by atoms with E-state index in [0.29, 0.717) is 11.3 Å². The van der Waals surface area contributed by atoms with Crippen LogP contribution in [0.5, 0.6) is 5.75 Å². The Balaban J connectivity index is 2.41. The van der Waals surface area contributed by atoms with Crippen LogP contribution in [0.3, 0.4) is 0 Å². The molecule has 4 nitrogen and oxygen atoms in total. The van der Waals surface area contributed by atoms with Gasteiger partial charge in [0, 0.05) is 6.54 Å². The van der Waals surface area contributed by atoms with Gasteiger partial charge in [0.2, 0.25) is 0 Å². The van der Waals surface area contributed by atoms with Gasteiger partial charge in [0.1, 0.15) is 16.8 Å². The molecule has 0 unspecified atom stereocenters. The Kier molecular flexibility index (Phi) is 4.59. The molecule has 0 fully saturated rings. The molecule has 112 valence electrons. The Morgan fingerprint density at radius 2 is 1.67 bits per heavy atom. The van der Waals surface area contributed by atoms with Gasteiger partial charge in [-0.25, -0.2) is 12.8 Å². The molecular weight excluding hydrogens is 293 g/mol. The van der Waals surface area contributed by atoms with Crippen molar-refractivity contribution in [2.75, 3.05) is 13.7 Å². The van der Waals surface area contributed by atoms with Crippen molar-refractivity contribution in [1.82, 2.24) is 0 Å². The van der Waals surface area contributed by atoms with E-state index in [0.717, 1.165) is 12.1 Å². The van der Waals surface area contributed by atoms with E-state index >= 15 is 0 Å². The second-order valence-electron chi connectivity index (χ2n) is 4.50. The van der Waals surface area contributed by atoms with Crippen molar-refractivity contribution in [2.24, 2.45) is 5.73 Å². The second-order valence-corrected chi connectivity index (χ2v) is 6.63. The highest BCUT2D eigenvalue weighted by Gasteiger charge is 2.27. The predicted octanol–water partition coefficient (Wildman–Crippen LogP) is 2.31. The lowest BCUT2D eigenvalue weighted by Gasteiger charge is -2.16. The number of methoxy groups -OCH3 is 1. The van der Waals surface area contributed by atoms with Crippen molar-refractivity contribution < 1.29 is 17.5 Å². The first-order chi connectivity index (χ1) is 9.98. The minimum absolute atomic E-state index is 0.0511. The molecule has 0 spiro atoms. The Morgan fingerprint density at radius 3 is 2.14 bits per heavy atom. The normalized spacial score (nSPS) is 12.9. The van der Waals surface area contributed by atoms with Gasteiger partial charge in [-0.15, -0.1) is 0 Å². The summed E-state index contributed by atoms with van der Waals surface area (Å²) in [6.07, 6.45) is 0. The van der Waals surface area contributed by atoms with E-state index in [1.54, 1.807) is 24.3 Å². The van der Waals surface area contributed by atoms with Crippen LogP contribution in [0.15, 0.2) is 53.4 Å². The van der Waals surface area contributed by atoms with Crippen molar-refractivity contribution in [2.45, 2.75) is 10.1 Å². The number of halogens is 1. The average Bonchev–Trinajstić information content (AvgIpc) is 2.49. The third-order valence-electron chi connectivity index (χ3n) is 3.22. The molecule has 2 N–H and O–H groups in total. The summed E-state index contributed by atoms with van der Waals surface area (Å²) in [4.78, 5) is 0.0511. The lowest BCUT2D eigenvalue weighted by molar-refractivity contribution is 0.414. The lowest BCUT2D eigenvalue weighted by Crippen LogP contribution is -2.22. The zero-order valence-electron chi connectivity index (χ0n) is 11.5. The van der Waals surface area contributed by atoms with Gasteiger partial charge in [0.15, 0.2) is 9.84 Å². The number of nitrogens with two attached hydrogens (primary N) is 1. The largest absolute Gasteiger partial charge is 0.497 e. The van der Waals surface area contributed by atoms with Crippen molar-refractivity contribution in [1.29, 1.82) is 0 Å². The van der Waals surface area contributed by atoms with Crippen molar-refractivity contribution in [3.8, 4) is 5.75 Å². The van der Waals surface area contributed by atoms with Crippen molar-refractivity contribution in [3.63, 3.8) is 0 Å². The molecule has 2 aromatic carbocycles. The minimum Gasteiger partial charge on any atom is -0.497 e. The van der Waals surface area contributed by atoms with Crippen LogP contribution in [0.1, 0.15) is 10.8 Å². The summed E-state index contributed by atoms with van der Waals surface area (Å²) < 4.78 is 43.2. The summed E-state index contributed by atoms with van der Waals surface area (Å²) >= 11 is 0. The lowest BCUT2D eigenvalue weighted by atomic mass is 10.1. The van der Waals surface area contributed by atoms with Gasteiger partial charge >= 0.3 is 0 Å². The molecule has 2 rings (SSSR count). The third kappa shape index (κ3) is 3.22. The minimum atomic E-state index is -3.67. The van der Waals surface area contributed by atoms with Crippen LogP contribution in [0.2, 0.25) is 0 Å². The zero-order valence-corrected chi connectivity index (χ0v) is 12.3. The Morgan fingerprint density at radius 1 is 1.10 bits per heavy atom. The summed E-state index contributed by atoms with van der Waals surface area (Å²) in [5, 5.41) is -0.881. The number of benzene rings is 2. The first-order valence-electron chi connectivity index (χ1n) is 6.32. The Bertz CT molecular complexity index is 697. The smallest absolute Gasteiger partial charge is 0.186 e. The SMILES string of the molecule is COc1ccc([C@@H](CN)S(=O)(=O)c2ccc(F)cc2)cc1. The van der Waals surface area contributed by atoms with Gasteiger partial charge in [-0.1, -0.05) is 12.1 Å². The number of hydrogen-bond donors (Lipinski definition) is 1. The van der Waals surface area contributed by atoms with Crippen molar-refractivity contribution >= 4 is 9.84 Å². The van der Waals surface area contributed by atoms with Gasteiger partial charge < -0.3 is 10.5 Å². The first-order valence-corrected chi connectivity index (χ1v) is 7.87. The fourth-order valence-corrected chi connectivity index (χ4v) is 3.66. The van der Waals surface area contributed by atoms with E-state index in [9.17, 15) is 12.8 Å². The monoisotopic (exact) mass is 309 g/mol. The van der Waals surface area contributed by atoms with Gasteiger partial charge in [-0.3, -0.25) is 0 Å².